The Kier molecular flexibility index (Phi) is 4.06. The SMILES string of the molecule is Cc1cc(C(=O)NC[C@@H]2CCS(=O)(=O)C2)c2ccc(F)cc2n1. The lowest BCUT2D eigenvalue weighted by molar-refractivity contribution is 0.0950. The maximum atomic E-state index is 13.3. The van der Waals surface area contributed by atoms with Crippen molar-refractivity contribution >= 4 is 26.6 Å². The van der Waals surface area contributed by atoms with Crippen LogP contribution in [0.5, 0.6) is 0 Å². The molecule has 122 valence electrons. The Bertz CT molecular complexity index is 875. The first-order chi connectivity index (χ1) is 10.8. The van der Waals surface area contributed by atoms with Gasteiger partial charge in [-0.3, -0.25) is 9.78 Å². The van der Waals surface area contributed by atoms with E-state index in [1.165, 1.54) is 18.2 Å². The van der Waals surface area contributed by atoms with Crippen molar-refractivity contribution in [1.29, 1.82) is 0 Å². The summed E-state index contributed by atoms with van der Waals surface area (Å²) >= 11 is 0. The van der Waals surface area contributed by atoms with E-state index in [-0.39, 0.29) is 23.3 Å². The molecule has 0 spiro atoms. The van der Waals surface area contributed by atoms with Crippen LogP contribution >= 0.6 is 0 Å². The monoisotopic (exact) mass is 336 g/mol. The quantitative estimate of drug-likeness (QED) is 0.928. The number of carbonyl (C=O) groups excluding carboxylic acids is 1. The van der Waals surface area contributed by atoms with Gasteiger partial charge in [0.1, 0.15) is 5.82 Å². The van der Waals surface area contributed by atoms with Gasteiger partial charge in [-0.2, -0.15) is 0 Å². The van der Waals surface area contributed by atoms with Gasteiger partial charge in [-0.25, -0.2) is 12.8 Å². The number of rotatable bonds is 3. The lowest BCUT2D eigenvalue weighted by Gasteiger charge is -2.12. The maximum Gasteiger partial charge on any atom is 0.252 e. The summed E-state index contributed by atoms with van der Waals surface area (Å²) in [4.78, 5) is 16.7. The van der Waals surface area contributed by atoms with Gasteiger partial charge in [0.15, 0.2) is 9.84 Å². The fourth-order valence-corrected chi connectivity index (χ4v) is 4.75. The third kappa shape index (κ3) is 3.50. The van der Waals surface area contributed by atoms with E-state index in [2.05, 4.69) is 10.3 Å². The first-order valence-electron chi connectivity index (χ1n) is 7.39. The van der Waals surface area contributed by atoms with Crippen LogP contribution in [-0.4, -0.2) is 37.4 Å². The zero-order valence-electron chi connectivity index (χ0n) is 12.7. The first-order valence-corrected chi connectivity index (χ1v) is 9.22. The van der Waals surface area contributed by atoms with E-state index in [9.17, 15) is 17.6 Å². The number of nitrogens with one attached hydrogen (secondary N) is 1. The van der Waals surface area contributed by atoms with Crippen LogP contribution in [0.4, 0.5) is 4.39 Å². The highest BCUT2D eigenvalue weighted by Gasteiger charge is 2.28. The van der Waals surface area contributed by atoms with Crippen molar-refractivity contribution in [3.63, 3.8) is 0 Å². The molecule has 23 heavy (non-hydrogen) atoms. The van der Waals surface area contributed by atoms with Crippen LogP contribution in [0.3, 0.4) is 0 Å². The lowest BCUT2D eigenvalue weighted by atomic mass is 10.1. The summed E-state index contributed by atoms with van der Waals surface area (Å²) in [6.07, 6.45) is 0.573. The van der Waals surface area contributed by atoms with Crippen LogP contribution in [0.1, 0.15) is 22.5 Å². The average Bonchev–Trinajstić information content (AvgIpc) is 2.82. The summed E-state index contributed by atoms with van der Waals surface area (Å²) < 4.78 is 36.2. The number of halogens is 1. The van der Waals surface area contributed by atoms with Crippen LogP contribution < -0.4 is 5.32 Å². The molecule has 1 amide bonds. The molecule has 2 aromatic rings. The molecule has 1 aliphatic rings. The highest BCUT2D eigenvalue weighted by molar-refractivity contribution is 7.91. The van der Waals surface area contributed by atoms with Crippen LogP contribution in [0.2, 0.25) is 0 Å². The second-order valence-corrected chi connectivity index (χ2v) is 8.18. The number of aryl methyl sites for hydroxylation is 1. The van der Waals surface area contributed by atoms with Crippen molar-refractivity contribution in [2.45, 2.75) is 13.3 Å². The summed E-state index contributed by atoms with van der Waals surface area (Å²) in [5.74, 6) is -0.441. The zero-order chi connectivity index (χ0) is 16.6. The van der Waals surface area contributed by atoms with Crippen molar-refractivity contribution < 1.29 is 17.6 Å². The summed E-state index contributed by atoms with van der Waals surface area (Å²) in [6, 6.07) is 5.77. The van der Waals surface area contributed by atoms with Gasteiger partial charge in [-0.05, 0) is 37.5 Å². The molecular weight excluding hydrogens is 319 g/mol. The predicted octanol–water partition coefficient (Wildman–Crippen LogP) is 1.85. The largest absolute Gasteiger partial charge is 0.352 e. The Morgan fingerprint density at radius 3 is 2.87 bits per heavy atom. The lowest BCUT2D eigenvalue weighted by Crippen LogP contribution is -2.30. The average molecular weight is 336 g/mol. The van der Waals surface area contributed by atoms with E-state index >= 15 is 0 Å². The van der Waals surface area contributed by atoms with E-state index < -0.39 is 15.7 Å². The molecule has 0 unspecified atom stereocenters. The molecule has 1 fully saturated rings. The second kappa shape index (κ2) is 5.88. The second-order valence-electron chi connectivity index (χ2n) is 5.95. The number of carbonyl (C=O) groups is 1. The Morgan fingerprint density at radius 2 is 2.17 bits per heavy atom. The number of nitrogens with zero attached hydrogens (tertiary/aromatic N) is 1. The van der Waals surface area contributed by atoms with Crippen LogP contribution in [-0.2, 0) is 9.84 Å². The van der Waals surface area contributed by atoms with Crippen molar-refractivity contribution in [2.75, 3.05) is 18.1 Å². The highest BCUT2D eigenvalue weighted by atomic mass is 32.2. The van der Waals surface area contributed by atoms with Crippen molar-refractivity contribution in [1.82, 2.24) is 10.3 Å². The summed E-state index contributed by atoms with van der Waals surface area (Å²) in [7, 11) is -2.96. The summed E-state index contributed by atoms with van der Waals surface area (Å²) in [5, 5.41) is 3.37. The molecule has 0 aliphatic carbocycles. The van der Waals surface area contributed by atoms with Gasteiger partial charge in [-0.1, -0.05) is 0 Å². The van der Waals surface area contributed by atoms with Gasteiger partial charge >= 0.3 is 0 Å². The maximum absolute atomic E-state index is 13.3. The van der Waals surface area contributed by atoms with Gasteiger partial charge in [-0.15, -0.1) is 0 Å². The van der Waals surface area contributed by atoms with Gasteiger partial charge in [0.05, 0.1) is 22.6 Å². The molecule has 1 aromatic carbocycles. The third-order valence-electron chi connectivity index (χ3n) is 4.02. The molecule has 7 heteroatoms. The van der Waals surface area contributed by atoms with Crippen LogP contribution in [0.25, 0.3) is 10.9 Å². The van der Waals surface area contributed by atoms with Gasteiger partial charge in [0.2, 0.25) is 0 Å². The fraction of sp³-hybridized carbons (Fsp3) is 0.375. The predicted molar refractivity (Wildman–Crippen MR) is 85.5 cm³/mol. The van der Waals surface area contributed by atoms with E-state index in [0.717, 1.165) is 0 Å². The Hall–Kier alpha value is -2.02. The molecule has 1 aliphatic heterocycles. The Morgan fingerprint density at radius 1 is 1.39 bits per heavy atom. The van der Waals surface area contributed by atoms with Gasteiger partial charge < -0.3 is 5.32 Å². The number of hydrogen-bond donors (Lipinski definition) is 1. The van der Waals surface area contributed by atoms with Gasteiger partial charge in [0, 0.05) is 23.7 Å². The van der Waals surface area contributed by atoms with Crippen molar-refractivity contribution in [2.24, 2.45) is 5.92 Å². The number of amides is 1. The molecule has 3 rings (SSSR count). The minimum atomic E-state index is -2.96. The number of pyridine rings is 1. The van der Waals surface area contributed by atoms with Crippen LogP contribution in [0, 0.1) is 18.7 Å². The molecule has 0 bridgehead atoms. The molecule has 1 aromatic heterocycles. The minimum absolute atomic E-state index is 0.0457. The fourth-order valence-electron chi connectivity index (χ4n) is 2.89. The summed E-state index contributed by atoms with van der Waals surface area (Å²) in [6.45, 7) is 2.06. The Labute approximate surface area is 133 Å². The topological polar surface area (TPSA) is 76.1 Å². The van der Waals surface area contributed by atoms with E-state index in [1.54, 1.807) is 13.0 Å². The normalized spacial score (nSPS) is 19.8. The molecule has 1 N–H and O–H groups in total. The molecule has 1 saturated heterocycles. The van der Waals surface area contributed by atoms with Crippen LogP contribution in [0.15, 0.2) is 24.3 Å². The van der Waals surface area contributed by atoms with E-state index in [1.807, 2.05) is 0 Å². The van der Waals surface area contributed by atoms with E-state index in [0.29, 0.717) is 35.1 Å². The minimum Gasteiger partial charge on any atom is -0.352 e. The summed E-state index contributed by atoms with van der Waals surface area (Å²) in [5.41, 5.74) is 1.48. The number of hydrogen-bond acceptors (Lipinski definition) is 4. The zero-order valence-corrected chi connectivity index (χ0v) is 13.5. The van der Waals surface area contributed by atoms with E-state index in [4.69, 9.17) is 0 Å². The number of fused-ring (bicyclic) bond motifs is 1. The first kappa shape index (κ1) is 15.9. The molecule has 0 saturated carbocycles. The molecule has 0 radical (unpaired) electrons. The molecule has 5 nitrogen and oxygen atoms in total. The smallest absolute Gasteiger partial charge is 0.252 e. The molecule has 2 heterocycles. The molecule has 1 atom stereocenters. The number of aromatic nitrogens is 1. The molecular formula is C16H17FN2O3S. The number of benzene rings is 1. The van der Waals surface area contributed by atoms with Crippen molar-refractivity contribution in [3.05, 3.63) is 41.3 Å². The Balaban J connectivity index is 1.81. The van der Waals surface area contributed by atoms with Gasteiger partial charge in [0.25, 0.3) is 5.91 Å². The highest BCUT2D eigenvalue weighted by Crippen LogP contribution is 2.21. The van der Waals surface area contributed by atoms with Crippen molar-refractivity contribution in [3.8, 4) is 0 Å². The standard InChI is InChI=1S/C16H17FN2O3S/c1-10-6-14(13-3-2-12(17)7-15(13)19-10)16(20)18-8-11-4-5-23(21,22)9-11/h2-3,6-7,11H,4-5,8-9H2,1H3,(H,18,20)/t11-/m0/s1. The third-order valence-corrected chi connectivity index (χ3v) is 5.86. The number of sulfone groups is 1.